The Labute approximate surface area is 152 Å². The summed E-state index contributed by atoms with van der Waals surface area (Å²) in [4.78, 5) is 0. The molecule has 1 aromatic rings. The second kappa shape index (κ2) is 6.84. The van der Waals surface area contributed by atoms with E-state index >= 15 is 0 Å². The van der Waals surface area contributed by atoms with Gasteiger partial charge in [-0.2, -0.15) is 0 Å². The van der Waals surface area contributed by atoms with Crippen molar-refractivity contribution >= 4 is 14.0 Å². The third kappa shape index (κ3) is 2.59. The van der Waals surface area contributed by atoms with E-state index in [0.29, 0.717) is 2.86 Å². The van der Waals surface area contributed by atoms with Crippen molar-refractivity contribution in [3.63, 3.8) is 0 Å². The van der Waals surface area contributed by atoms with Gasteiger partial charge in [-0.15, -0.1) is 0 Å². The zero-order valence-corrected chi connectivity index (χ0v) is 16.8. The van der Waals surface area contributed by atoms with Crippen molar-refractivity contribution in [2.24, 2.45) is 0 Å². The topological polar surface area (TPSA) is 0 Å². The van der Waals surface area contributed by atoms with Crippen LogP contribution < -0.4 is 24.8 Å². The van der Waals surface area contributed by atoms with Crippen molar-refractivity contribution < 1.29 is 48.0 Å². The Balaban J connectivity index is 0.000000807. The maximum Gasteiger partial charge on any atom is -1.00 e. The maximum atomic E-state index is 2.61. The zero-order valence-electron chi connectivity index (χ0n) is 11.9. The van der Waals surface area contributed by atoms with Crippen LogP contribution in [-0.4, -0.2) is 6.16 Å². The van der Waals surface area contributed by atoms with Crippen molar-refractivity contribution in [3.8, 4) is 0 Å². The number of benzene rings is 1. The summed E-state index contributed by atoms with van der Waals surface area (Å²) in [7, 11) is 0.0240. The Bertz CT molecular complexity index is 635. The van der Waals surface area contributed by atoms with Crippen LogP contribution in [0.15, 0.2) is 51.1 Å². The molecule has 0 saturated carbocycles. The van der Waals surface area contributed by atoms with Crippen molar-refractivity contribution in [2.75, 3.05) is 6.16 Å². The predicted octanol–water partition coefficient (Wildman–Crippen LogP) is -0.966. The Morgan fingerprint density at radius 3 is 2.81 bits per heavy atom. The molecule has 0 N–H and O–H groups in total. The number of halogens is 2. The first-order chi connectivity index (χ1) is 9.35. The van der Waals surface area contributed by atoms with Gasteiger partial charge in [0.15, 0.2) is 0 Å². The number of fused-ring (bicyclic) bond motifs is 2. The standard InChI is InChI=1S/C17H17P.2ClH.Zr/c1-2-13-18(15-8-4-5-9-15)17-12-11-14-7-3-6-10-16(14)17;;;/h3-4,6-8,10-12H,2,5,13H2,1H3;2*1H;/q;;;+2/p-2. The molecule has 1 spiro atoms. The zero-order chi connectivity index (χ0) is 12.9. The van der Waals surface area contributed by atoms with E-state index in [4.69, 9.17) is 0 Å². The summed E-state index contributed by atoms with van der Waals surface area (Å²) in [5.41, 5.74) is 3.17. The van der Waals surface area contributed by atoms with Crippen molar-refractivity contribution in [2.45, 2.75) is 22.6 Å². The van der Waals surface area contributed by atoms with Gasteiger partial charge in [0.2, 0.25) is 0 Å². The number of hydrogen-bond donors (Lipinski definition) is 0. The molecular formula is C17H17Cl2PZr. The van der Waals surface area contributed by atoms with E-state index < -0.39 is 23.2 Å². The minimum absolute atomic E-state index is 0. The molecule has 0 fully saturated rings. The molecule has 108 valence electrons. The van der Waals surface area contributed by atoms with Gasteiger partial charge in [0.25, 0.3) is 0 Å². The molecule has 0 saturated heterocycles. The van der Waals surface area contributed by atoms with Crippen LogP contribution in [0.4, 0.5) is 0 Å². The summed E-state index contributed by atoms with van der Waals surface area (Å²) in [6.07, 6.45) is 13.9. The predicted molar refractivity (Wildman–Crippen MR) is 80.0 cm³/mol. The molecule has 0 aromatic heterocycles. The van der Waals surface area contributed by atoms with E-state index in [-0.39, 0.29) is 32.7 Å². The van der Waals surface area contributed by atoms with Crippen LogP contribution in [0.5, 0.6) is 0 Å². The summed E-state index contributed by atoms with van der Waals surface area (Å²) in [5, 5.41) is 1.80. The Morgan fingerprint density at radius 1 is 1.19 bits per heavy atom. The van der Waals surface area contributed by atoms with Gasteiger partial charge in [-0.3, -0.25) is 0 Å². The SMILES string of the molecule is CCCP1C2=[C](CC=C2)[Zr+2][C]12C=Cc1ccccc12.[Cl-].[Cl-]. The molecular weight excluding hydrogens is 397 g/mol. The first kappa shape index (κ1) is 17.7. The molecule has 0 amide bonds. The Hall–Kier alpha value is 0.333. The van der Waals surface area contributed by atoms with Gasteiger partial charge in [-0.1, -0.05) is 0 Å². The molecule has 0 nitrogen and oxygen atoms in total. The molecule has 1 heterocycles. The van der Waals surface area contributed by atoms with Crippen LogP contribution >= 0.6 is 7.92 Å². The Kier molecular flexibility index (Phi) is 5.76. The summed E-state index contributed by atoms with van der Waals surface area (Å²) >= 11 is -0.500. The van der Waals surface area contributed by atoms with E-state index in [9.17, 15) is 0 Å². The molecule has 1 aromatic carbocycles. The molecule has 2 atom stereocenters. The monoisotopic (exact) mass is 412 g/mol. The fourth-order valence-corrected chi connectivity index (χ4v) is 14.8. The van der Waals surface area contributed by atoms with Crippen molar-refractivity contribution in [1.29, 1.82) is 0 Å². The van der Waals surface area contributed by atoms with Gasteiger partial charge in [-0.25, -0.2) is 0 Å². The minimum atomic E-state index is -0.500. The molecule has 4 heteroatoms. The van der Waals surface area contributed by atoms with Crippen LogP contribution in [0.25, 0.3) is 6.08 Å². The van der Waals surface area contributed by atoms with Crippen LogP contribution in [-0.2, 0) is 26.1 Å². The van der Waals surface area contributed by atoms with Crippen LogP contribution in [0.1, 0.15) is 30.9 Å². The smallest absolute Gasteiger partial charge is 1.00 e. The molecule has 0 radical (unpaired) electrons. The summed E-state index contributed by atoms with van der Waals surface area (Å²) < 4.78 is 2.41. The number of allylic oxidation sites excluding steroid dienone is 5. The fraction of sp³-hybridized carbons (Fsp3) is 0.294. The van der Waals surface area contributed by atoms with E-state index in [1.165, 1.54) is 24.6 Å². The minimum Gasteiger partial charge on any atom is -1.00 e. The largest absolute Gasteiger partial charge is 1.00 e. The van der Waals surface area contributed by atoms with Crippen molar-refractivity contribution in [1.82, 2.24) is 0 Å². The van der Waals surface area contributed by atoms with Gasteiger partial charge in [0.05, 0.1) is 0 Å². The van der Waals surface area contributed by atoms with E-state index in [2.05, 4.69) is 55.5 Å². The molecule has 1 aliphatic heterocycles. The number of rotatable bonds is 2. The van der Waals surface area contributed by atoms with E-state index in [0.717, 1.165) is 0 Å². The second-order valence-corrected chi connectivity index (χ2v) is 13.0. The molecule has 4 rings (SSSR count). The second-order valence-electron chi connectivity index (χ2n) is 5.43. The molecule has 0 bridgehead atoms. The number of hydrogen-bond acceptors (Lipinski definition) is 0. The first-order valence-corrected chi connectivity index (χ1v) is 11.1. The van der Waals surface area contributed by atoms with Crippen LogP contribution in [0.3, 0.4) is 0 Å². The molecule has 21 heavy (non-hydrogen) atoms. The van der Waals surface area contributed by atoms with Crippen LogP contribution in [0.2, 0.25) is 0 Å². The summed E-state index contributed by atoms with van der Waals surface area (Å²) in [6, 6.07) is 9.14. The maximum absolute atomic E-state index is 2.61. The summed E-state index contributed by atoms with van der Waals surface area (Å²) in [5.74, 6) is 0. The van der Waals surface area contributed by atoms with Crippen LogP contribution in [0, 0.1) is 0 Å². The van der Waals surface area contributed by atoms with Gasteiger partial charge < -0.3 is 24.8 Å². The van der Waals surface area contributed by atoms with E-state index in [1.807, 2.05) is 3.28 Å². The first-order valence-electron chi connectivity index (χ1n) is 7.09. The van der Waals surface area contributed by atoms with Gasteiger partial charge in [0, 0.05) is 0 Å². The average Bonchev–Trinajstić information content (AvgIpc) is 3.09. The third-order valence-corrected chi connectivity index (χ3v) is 14.5. The van der Waals surface area contributed by atoms with Gasteiger partial charge in [-0.05, 0) is 0 Å². The fourth-order valence-electron chi connectivity index (χ4n) is 3.50. The van der Waals surface area contributed by atoms with Gasteiger partial charge in [0.1, 0.15) is 0 Å². The van der Waals surface area contributed by atoms with Crippen molar-refractivity contribution in [3.05, 3.63) is 62.2 Å². The normalized spacial score (nSPS) is 26.8. The molecule has 3 aliphatic rings. The van der Waals surface area contributed by atoms with Gasteiger partial charge >= 0.3 is 128 Å². The van der Waals surface area contributed by atoms with E-state index in [1.54, 1.807) is 10.9 Å². The third-order valence-electron chi connectivity index (χ3n) is 4.29. The summed E-state index contributed by atoms with van der Waals surface area (Å²) in [6.45, 7) is 2.35. The Morgan fingerprint density at radius 2 is 2.00 bits per heavy atom. The quantitative estimate of drug-likeness (QED) is 0.547. The average molecular weight is 414 g/mol. The molecule has 2 aliphatic carbocycles. The molecule has 2 unspecified atom stereocenters.